The van der Waals surface area contributed by atoms with E-state index in [1.165, 1.54) is 23.2 Å². The Bertz CT molecular complexity index is 1730. The highest BCUT2D eigenvalue weighted by molar-refractivity contribution is 6.00. The summed E-state index contributed by atoms with van der Waals surface area (Å²) in [6.07, 6.45) is 11.5. The monoisotopic (exact) mass is 537 g/mol. The summed E-state index contributed by atoms with van der Waals surface area (Å²) >= 11 is 0. The molecule has 0 saturated carbocycles. The van der Waals surface area contributed by atoms with E-state index in [-0.39, 0.29) is 22.7 Å². The summed E-state index contributed by atoms with van der Waals surface area (Å²) < 4.78 is 1.69. The predicted molar refractivity (Wildman–Crippen MR) is 148 cm³/mol. The van der Waals surface area contributed by atoms with Crippen molar-refractivity contribution in [2.75, 3.05) is 31.3 Å². The SMILES string of the molecule is C#Cc1cccc(Nc2ncnc3cnc(NC(=O)C=CC[N+](C)(C)Cc4c([N+](=O)[O-])nc(C#N)n4C)cc23)c1. The fraction of sp³-hybridized carbons (Fsp3) is 0.185. The van der Waals surface area contributed by atoms with E-state index in [0.717, 1.165) is 11.3 Å². The molecule has 13 nitrogen and oxygen atoms in total. The number of benzene rings is 1. The third kappa shape index (κ3) is 6.24. The van der Waals surface area contributed by atoms with Crippen LogP contribution < -0.4 is 10.6 Å². The van der Waals surface area contributed by atoms with E-state index in [0.29, 0.717) is 34.8 Å². The molecule has 0 fully saturated rings. The summed E-state index contributed by atoms with van der Waals surface area (Å²) in [6, 6.07) is 10.9. The van der Waals surface area contributed by atoms with Crippen molar-refractivity contribution in [2.45, 2.75) is 6.54 Å². The minimum absolute atomic E-state index is 0.0376. The maximum atomic E-state index is 12.6. The van der Waals surface area contributed by atoms with Gasteiger partial charge in [0, 0.05) is 29.8 Å². The number of imidazole rings is 1. The minimum Gasteiger partial charge on any atom is -0.358 e. The van der Waals surface area contributed by atoms with E-state index >= 15 is 0 Å². The molecular weight excluding hydrogens is 512 g/mol. The van der Waals surface area contributed by atoms with Gasteiger partial charge in [0.1, 0.15) is 24.5 Å². The van der Waals surface area contributed by atoms with Crippen molar-refractivity contribution in [3.63, 3.8) is 0 Å². The van der Waals surface area contributed by atoms with Gasteiger partial charge in [-0.1, -0.05) is 12.0 Å². The number of aromatic nitrogens is 5. The lowest BCUT2D eigenvalue weighted by Gasteiger charge is -2.28. The summed E-state index contributed by atoms with van der Waals surface area (Å²) in [5, 5.41) is 27.2. The lowest BCUT2D eigenvalue weighted by atomic mass is 10.2. The van der Waals surface area contributed by atoms with Crippen LogP contribution in [0.25, 0.3) is 10.9 Å². The van der Waals surface area contributed by atoms with Gasteiger partial charge in [0.05, 0.1) is 32.4 Å². The summed E-state index contributed by atoms with van der Waals surface area (Å²) in [5.74, 6) is 2.63. The van der Waals surface area contributed by atoms with E-state index in [4.69, 9.17) is 6.42 Å². The van der Waals surface area contributed by atoms with Crippen molar-refractivity contribution >= 4 is 40.0 Å². The lowest BCUT2D eigenvalue weighted by molar-refractivity contribution is -0.898. The van der Waals surface area contributed by atoms with Gasteiger partial charge in [0.15, 0.2) is 11.8 Å². The fourth-order valence-corrected chi connectivity index (χ4v) is 3.97. The van der Waals surface area contributed by atoms with E-state index in [1.54, 1.807) is 19.2 Å². The molecular formula is C27H25N10O3+. The molecule has 1 amide bonds. The number of nitrogens with zero attached hydrogens (tertiary/aromatic N) is 8. The molecule has 0 saturated heterocycles. The number of amides is 1. The Labute approximate surface area is 229 Å². The topological polar surface area (TPSA) is 165 Å². The first-order valence-corrected chi connectivity index (χ1v) is 11.9. The molecule has 1 aromatic carbocycles. The number of anilines is 3. The maximum absolute atomic E-state index is 12.6. The minimum atomic E-state index is -0.601. The average Bonchev–Trinajstić information content (AvgIpc) is 3.23. The van der Waals surface area contributed by atoms with Crippen molar-refractivity contribution < 1.29 is 14.2 Å². The number of nitro groups is 1. The van der Waals surface area contributed by atoms with Crippen molar-refractivity contribution in [3.8, 4) is 18.4 Å². The fourth-order valence-electron chi connectivity index (χ4n) is 3.97. The van der Waals surface area contributed by atoms with Crippen molar-refractivity contribution in [1.82, 2.24) is 24.5 Å². The largest absolute Gasteiger partial charge is 0.392 e. The number of rotatable bonds is 9. The second-order valence-electron chi connectivity index (χ2n) is 9.46. The zero-order valence-corrected chi connectivity index (χ0v) is 22.0. The van der Waals surface area contributed by atoms with Gasteiger partial charge in [0.2, 0.25) is 5.91 Å². The first kappa shape index (κ1) is 27.4. The Balaban J connectivity index is 1.45. The third-order valence-electron chi connectivity index (χ3n) is 5.98. The smallest absolute Gasteiger partial charge is 0.358 e. The normalized spacial score (nSPS) is 11.2. The van der Waals surface area contributed by atoms with Crippen molar-refractivity contribution in [2.24, 2.45) is 7.05 Å². The summed E-state index contributed by atoms with van der Waals surface area (Å²) in [7, 11) is 5.27. The third-order valence-corrected chi connectivity index (χ3v) is 5.98. The van der Waals surface area contributed by atoms with Crippen molar-refractivity contribution in [1.29, 1.82) is 5.26 Å². The number of nitrogens with one attached hydrogen (secondary N) is 2. The van der Waals surface area contributed by atoms with Crippen LogP contribution in [0.3, 0.4) is 0 Å². The first-order valence-electron chi connectivity index (χ1n) is 11.9. The molecule has 4 aromatic rings. The second kappa shape index (κ2) is 11.4. The number of hydrogen-bond acceptors (Lipinski definition) is 9. The molecule has 0 radical (unpaired) electrons. The number of pyridine rings is 1. The van der Waals surface area contributed by atoms with E-state index in [9.17, 15) is 20.2 Å². The van der Waals surface area contributed by atoms with Crippen LogP contribution in [0.4, 0.5) is 23.1 Å². The van der Waals surface area contributed by atoms with Crippen LogP contribution in [0.2, 0.25) is 0 Å². The van der Waals surface area contributed by atoms with E-state index in [1.807, 2.05) is 44.4 Å². The van der Waals surface area contributed by atoms with Crippen LogP contribution in [0.1, 0.15) is 17.1 Å². The molecule has 40 heavy (non-hydrogen) atoms. The summed E-state index contributed by atoms with van der Waals surface area (Å²) in [6.45, 7) is 0.598. The van der Waals surface area contributed by atoms with Gasteiger partial charge >= 0.3 is 11.6 Å². The number of hydrogen-bond donors (Lipinski definition) is 2. The van der Waals surface area contributed by atoms with Crippen LogP contribution in [0.15, 0.2) is 55.0 Å². The first-order chi connectivity index (χ1) is 19.1. The Morgan fingerprint density at radius 1 is 1.27 bits per heavy atom. The number of likely N-dealkylation sites (N-methyl/N-ethyl adjacent to an activating group) is 1. The molecule has 0 aliphatic carbocycles. The van der Waals surface area contributed by atoms with Gasteiger partial charge in [-0.25, -0.2) is 15.0 Å². The summed E-state index contributed by atoms with van der Waals surface area (Å²) in [5.41, 5.74) is 2.38. The molecule has 0 aliphatic heterocycles. The molecule has 0 aliphatic rings. The van der Waals surface area contributed by atoms with E-state index in [2.05, 4.69) is 36.5 Å². The van der Waals surface area contributed by atoms with Crippen LogP contribution in [-0.4, -0.2) is 60.5 Å². The highest BCUT2D eigenvalue weighted by atomic mass is 16.6. The molecule has 0 atom stereocenters. The number of quaternary nitrogens is 1. The van der Waals surface area contributed by atoms with Gasteiger partial charge in [-0.3, -0.25) is 9.36 Å². The molecule has 0 unspecified atom stereocenters. The van der Waals surface area contributed by atoms with Gasteiger partial charge in [-0.15, -0.1) is 6.42 Å². The standard InChI is InChI=1S/C27H24N10O3/c1-5-18-8-6-9-19(12-18)32-26-20-13-23(29-15-21(20)30-17-31-26)33-25(38)10-7-11-37(3,4)16-22-27(36(39)40)34-24(14-28)35(22)2/h1,6-10,12-13,15,17H,11,16H2,2-4H3,(H-,29,30,31,32,33,38)/p+1. The Morgan fingerprint density at radius 3 is 2.80 bits per heavy atom. The van der Waals surface area contributed by atoms with Gasteiger partial charge in [-0.05, 0) is 40.2 Å². The second-order valence-corrected chi connectivity index (χ2v) is 9.46. The van der Waals surface area contributed by atoms with Crippen LogP contribution in [0, 0.1) is 33.8 Å². The van der Waals surface area contributed by atoms with E-state index < -0.39 is 10.8 Å². The lowest BCUT2D eigenvalue weighted by Crippen LogP contribution is -2.39. The van der Waals surface area contributed by atoms with Gasteiger partial charge in [0.25, 0.3) is 0 Å². The molecule has 13 heteroatoms. The molecule has 0 spiro atoms. The highest BCUT2D eigenvalue weighted by Gasteiger charge is 2.30. The highest BCUT2D eigenvalue weighted by Crippen LogP contribution is 2.25. The average molecular weight is 538 g/mol. The maximum Gasteiger partial charge on any atom is 0.392 e. The number of terminal acetylenes is 1. The quantitative estimate of drug-likeness (QED) is 0.107. The number of nitriles is 1. The van der Waals surface area contributed by atoms with Crippen LogP contribution in [-0.2, 0) is 18.4 Å². The van der Waals surface area contributed by atoms with Gasteiger partial charge in [-0.2, -0.15) is 5.26 Å². The molecule has 200 valence electrons. The number of fused-ring (bicyclic) bond motifs is 1. The number of carbonyl (C=O) groups excluding carboxylic acids is 1. The summed E-state index contributed by atoms with van der Waals surface area (Å²) in [4.78, 5) is 40.1. The molecule has 0 bridgehead atoms. The predicted octanol–water partition coefficient (Wildman–Crippen LogP) is 3.03. The van der Waals surface area contributed by atoms with Crippen LogP contribution in [0.5, 0.6) is 0 Å². The molecule has 4 rings (SSSR count). The zero-order valence-electron chi connectivity index (χ0n) is 22.0. The Hall–Kier alpha value is -5.66. The van der Waals surface area contributed by atoms with Crippen LogP contribution >= 0.6 is 0 Å². The number of carbonyl (C=O) groups is 1. The molecule has 3 aromatic heterocycles. The Kier molecular flexibility index (Phi) is 7.79. The van der Waals surface area contributed by atoms with Gasteiger partial charge < -0.3 is 25.2 Å². The molecule has 2 N–H and O–H groups in total. The Morgan fingerprint density at radius 2 is 2.08 bits per heavy atom. The zero-order chi connectivity index (χ0) is 28.9. The molecule has 3 heterocycles. The van der Waals surface area contributed by atoms with Crippen molar-refractivity contribution in [3.05, 3.63) is 82.2 Å².